The van der Waals surface area contributed by atoms with E-state index in [1.54, 1.807) is 0 Å². The topological polar surface area (TPSA) is 88.5 Å². The van der Waals surface area contributed by atoms with E-state index in [1.165, 1.54) is 5.56 Å². The monoisotopic (exact) mass is 463 g/mol. The molecule has 1 aliphatic heterocycles. The van der Waals surface area contributed by atoms with Crippen molar-refractivity contribution in [3.05, 3.63) is 65.5 Å². The van der Waals surface area contributed by atoms with Crippen LogP contribution in [0.4, 0.5) is 5.69 Å². The molecule has 1 saturated heterocycles. The van der Waals surface area contributed by atoms with Crippen molar-refractivity contribution in [3.63, 3.8) is 0 Å². The van der Waals surface area contributed by atoms with Crippen LogP contribution in [0.15, 0.2) is 53.1 Å². The van der Waals surface area contributed by atoms with Crippen molar-refractivity contribution < 1.29 is 9.32 Å². The SMILES string of the molecule is Cc1ccc(-c2noc(CN3CCN(C(=O)Cc4ccc(N)cc4)CC3)n2)cc1.Cl.Cl. The summed E-state index contributed by atoms with van der Waals surface area (Å²) in [4.78, 5) is 21.2. The van der Waals surface area contributed by atoms with Gasteiger partial charge in [-0.2, -0.15) is 4.98 Å². The van der Waals surface area contributed by atoms with Gasteiger partial charge in [-0.05, 0) is 24.6 Å². The number of nitrogen functional groups attached to an aromatic ring is 1. The minimum atomic E-state index is 0. The van der Waals surface area contributed by atoms with E-state index in [1.807, 2.05) is 60.4 Å². The predicted octanol–water partition coefficient (Wildman–Crippen LogP) is 3.36. The minimum Gasteiger partial charge on any atom is -0.399 e. The van der Waals surface area contributed by atoms with E-state index in [2.05, 4.69) is 15.0 Å². The van der Waals surface area contributed by atoms with Crippen molar-refractivity contribution >= 4 is 36.4 Å². The summed E-state index contributed by atoms with van der Waals surface area (Å²) in [6, 6.07) is 15.5. The Kier molecular flexibility index (Phi) is 8.86. The zero-order valence-electron chi connectivity index (χ0n) is 17.4. The highest BCUT2D eigenvalue weighted by Gasteiger charge is 2.22. The van der Waals surface area contributed by atoms with Crippen LogP contribution in [0, 0.1) is 6.92 Å². The molecule has 0 bridgehead atoms. The normalized spacial score (nSPS) is 13.9. The van der Waals surface area contributed by atoms with Gasteiger partial charge in [0.2, 0.25) is 17.6 Å². The average molecular weight is 464 g/mol. The molecule has 4 rings (SSSR count). The van der Waals surface area contributed by atoms with Gasteiger partial charge in [0.05, 0.1) is 13.0 Å². The summed E-state index contributed by atoms with van der Waals surface area (Å²) < 4.78 is 5.42. The zero-order chi connectivity index (χ0) is 20.2. The van der Waals surface area contributed by atoms with Crippen LogP contribution in [0.3, 0.4) is 0 Å². The summed E-state index contributed by atoms with van der Waals surface area (Å²) in [6.45, 7) is 5.62. The first-order valence-electron chi connectivity index (χ1n) is 9.81. The fraction of sp³-hybridized carbons (Fsp3) is 0.318. The summed E-state index contributed by atoms with van der Waals surface area (Å²) in [5.41, 5.74) is 9.54. The molecule has 0 unspecified atom stereocenters. The molecule has 2 heterocycles. The van der Waals surface area contributed by atoms with Crippen molar-refractivity contribution in [3.8, 4) is 11.4 Å². The average Bonchev–Trinajstić information content (AvgIpc) is 3.19. The number of aryl methyl sites for hydroxylation is 1. The molecule has 0 saturated carbocycles. The molecule has 2 aromatic carbocycles. The third-order valence-corrected chi connectivity index (χ3v) is 5.20. The maximum atomic E-state index is 12.5. The van der Waals surface area contributed by atoms with Crippen molar-refractivity contribution in [1.29, 1.82) is 0 Å². The van der Waals surface area contributed by atoms with Gasteiger partial charge in [0.25, 0.3) is 0 Å². The van der Waals surface area contributed by atoms with Crippen LogP contribution in [-0.4, -0.2) is 52.0 Å². The first-order valence-corrected chi connectivity index (χ1v) is 9.81. The second-order valence-electron chi connectivity index (χ2n) is 7.45. The Morgan fingerprint density at radius 1 is 1.00 bits per heavy atom. The molecule has 1 amide bonds. The first kappa shape index (κ1) is 24.7. The largest absolute Gasteiger partial charge is 0.399 e. The lowest BCUT2D eigenvalue weighted by atomic mass is 10.1. The van der Waals surface area contributed by atoms with Crippen LogP contribution in [0.25, 0.3) is 11.4 Å². The molecule has 1 aliphatic rings. The lowest BCUT2D eigenvalue weighted by molar-refractivity contribution is -0.132. The maximum absolute atomic E-state index is 12.5. The predicted molar refractivity (Wildman–Crippen MR) is 125 cm³/mol. The molecular formula is C22H27Cl2N5O2. The van der Waals surface area contributed by atoms with E-state index in [9.17, 15) is 4.79 Å². The van der Waals surface area contributed by atoms with Crippen molar-refractivity contribution in [2.75, 3.05) is 31.9 Å². The van der Waals surface area contributed by atoms with Crippen molar-refractivity contribution in [2.45, 2.75) is 19.9 Å². The summed E-state index contributed by atoms with van der Waals surface area (Å²) in [5, 5.41) is 4.09. The lowest BCUT2D eigenvalue weighted by Gasteiger charge is -2.34. The molecule has 0 atom stereocenters. The number of amides is 1. The molecule has 1 aromatic heterocycles. The van der Waals surface area contributed by atoms with E-state index in [0.29, 0.717) is 43.5 Å². The second kappa shape index (κ2) is 11.1. The number of nitrogens with two attached hydrogens (primary N) is 1. The molecule has 1 fully saturated rings. The minimum absolute atomic E-state index is 0. The maximum Gasteiger partial charge on any atom is 0.241 e. The highest BCUT2D eigenvalue weighted by Crippen LogP contribution is 2.17. The number of nitrogens with zero attached hydrogens (tertiary/aromatic N) is 4. The number of hydrogen-bond acceptors (Lipinski definition) is 6. The van der Waals surface area contributed by atoms with Gasteiger partial charge in [0.15, 0.2) is 0 Å². The molecule has 0 radical (unpaired) electrons. The van der Waals surface area contributed by atoms with Crippen molar-refractivity contribution in [1.82, 2.24) is 19.9 Å². The lowest BCUT2D eigenvalue weighted by Crippen LogP contribution is -2.48. The van der Waals surface area contributed by atoms with Gasteiger partial charge in [-0.1, -0.05) is 47.1 Å². The van der Waals surface area contributed by atoms with Crippen molar-refractivity contribution in [2.24, 2.45) is 0 Å². The Balaban J connectivity index is 0.00000171. The summed E-state index contributed by atoms with van der Waals surface area (Å²) in [6.07, 6.45) is 0.407. The number of carbonyl (C=O) groups excluding carboxylic acids is 1. The van der Waals surface area contributed by atoms with Gasteiger partial charge < -0.3 is 15.2 Å². The third kappa shape index (κ3) is 6.43. The summed E-state index contributed by atoms with van der Waals surface area (Å²) >= 11 is 0. The summed E-state index contributed by atoms with van der Waals surface area (Å²) in [7, 11) is 0. The van der Waals surface area contributed by atoms with Gasteiger partial charge in [-0.3, -0.25) is 9.69 Å². The number of aromatic nitrogens is 2. The molecule has 0 aliphatic carbocycles. The van der Waals surface area contributed by atoms with E-state index >= 15 is 0 Å². The number of benzene rings is 2. The Labute approximate surface area is 194 Å². The van der Waals surface area contributed by atoms with Gasteiger partial charge in [0.1, 0.15) is 0 Å². The Morgan fingerprint density at radius 3 is 2.29 bits per heavy atom. The van der Waals surface area contributed by atoms with Crippen LogP contribution >= 0.6 is 24.8 Å². The highest BCUT2D eigenvalue weighted by atomic mass is 35.5. The standard InChI is InChI=1S/C22H25N5O2.2ClH/c1-16-2-6-18(7-3-16)22-24-20(29-25-22)15-26-10-12-27(13-11-26)21(28)14-17-4-8-19(23)9-5-17;;/h2-9H,10-15,23H2,1H3;2*1H. The second-order valence-corrected chi connectivity index (χ2v) is 7.45. The van der Waals surface area contributed by atoms with Crippen LogP contribution < -0.4 is 5.73 Å². The Morgan fingerprint density at radius 2 is 1.65 bits per heavy atom. The molecule has 0 spiro atoms. The van der Waals surface area contributed by atoms with Crippen LogP contribution in [0.2, 0.25) is 0 Å². The fourth-order valence-electron chi connectivity index (χ4n) is 3.41. The number of carbonyl (C=O) groups is 1. The van der Waals surface area contributed by atoms with Gasteiger partial charge in [0, 0.05) is 37.4 Å². The summed E-state index contributed by atoms with van der Waals surface area (Å²) in [5.74, 6) is 1.36. The molecule has 31 heavy (non-hydrogen) atoms. The van der Waals surface area contributed by atoms with Gasteiger partial charge in [-0.15, -0.1) is 24.8 Å². The van der Waals surface area contributed by atoms with E-state index in [0.717, 1.165) is 24.2 Å². The molecule has 3 aromatic rings. The van der Waals surface area contributed by atoms with E-state index in [-0.39, 0.29) is 30.7 Å². The smallest absolute Gasteiger partial charge is 0.241 e. The molecular weight excluding hydrogens is 437 g/mol. The first-order chi connectivity index (χ1) is 14.1. The Bertz CT molecular complexity index is 968. The fourth-order valence-corrected chi connectivity index (χ4v) is 3.41. The van der Waals surface area contributed by atoms with Gasteiger partial charge >= 0.3 is 0 Å². The number of rotatable bonds is 5. The van der Waals surface area contributed by atoms with Gasteiger partial charge in [-0.25, -0.2) is 0 Å². The zero-order valence-corrected chi connectivity index (χ0v) is 19.0. The number of piperazine rings is 1. The van der Waals surface area contributed by atoms with E-state index < -0.39 is 0 Å². The molecule has 7 nitrogen and oxygen atoms in total. The molecule has 9 heteroatoms. The van der Waals surface area contributed by atoms with Crippen LogP contribution in [0.5, 0.6) is 0 Å². The van der Waals surface area contributed by atoms with Crippen LogP contribution in [-0.2, 0) is 17.8 Å². The molecule has 166 valence electrons. The highest BCUT2D eigenvalue weighted by molar-refractivity contribution is 5.85. The number of anilines is 1. The third-order valence-electron chi connectivity index (χ3n) is 5.20. The number of halogens is 2. The van der Waals surface area contributed by atoms with E-state index in [4.69, 9.17) is 10.3 Å². The van der Waals surface area contributed by atoms with Crippen LogP contribution in [0.1, 0.15) is 17.0 Å². The number of hydrogen-bond donors (Lipinski definition) is 1. The molecule has 2 N–H and O–H groups in total. The Hall–Kier alpha value is -2.61. The quantitative estimate of drug-likeness (QED) is 0.583.